The van der Waals surface area contributed by atoms with Crippen molar-refractivity contribution in [3.63, 3.8) is 0 Å². The Labute approximate surface area is 166 Å². The molecule has 152 valence electrons. The van der Waals surface area contributed by atoms with Gasteiger partial charge in [0.05, 0.1) is 5.69 Å². The number of likely N-dealkylation sites (tertiary alicyclic amines) is 1. The van der Waals surface area contributed by atoms with Gasteiger partial charge >= 0.3 is 0 Å². The number of rotatable bonds is 7. The molecule has 0 bridgehead atoms. The number of hydrogen-bond donors (Lipinski definition) is 0. The van der Waals surface area contributed by atoms with Crippen molar-refractivity contribution in [1.29, 1.82) is 0 Å². The Hall–Kier alpha value is -2.21. The molecule has 1 amide bonds. The molecule has 2 heterocycles. The third-order valence-electron chi connectivity index (χ3n) is 5.59. The summed E-state index contributed by atoms with van der Waals surface area (Å²) >= 11 is 0. The molecule has 1 aromatic carbocycles. The van der Waals surface area contributed by atoms with Crippen LogP contribution in [0.15, 0.2) is 28.8 Å². The van der Waals surface area contributed by atoms with Crippen molar-refractivity contribution in [3.05, 3.63) is 52.7 Å². The molecule has 6 heteroatoms. The van der Waals surface area contributed by atoms with Crippen LogP contribution in [0, 0.1) is 18.7 Å². The lowest BCUT2D eigenvalue weighted by Crippen LogP contribution is -2.42. The molecule has 5 nitrogen and oxygen atoms in total. The molecule has 3 rings (SSSR count). The smallest absolute Gasteiger partial charge is 0.259 e. The van der Waals surface area contributed by atoms with Gasteiger partial charge in [0.15, 0.2) is 0 Å². The number of aryl methyl sites for hydroxylation is 2. The average Bonchev–Trinajstić information content (AvgIpc) is 3.07. The van der Waals surface area contributed by atoms with E-state index >= 15 is 0 Å². The Kier molecular flexibility index (Phi) is 6.83. The number of carbonyl (C=O) groups is 1. The Bertz CT molecular complexity index is 788. The fraction of sp³-hybridized carbons (Fsp3) is 0.545. The van der Waals surface area contributed by atoms with E-state index in [1.807, 2.05) is 31.0 Å². The fourth-order valence-electron chi connectivity index (χ4n) is 4.04. The first-order valence-corrected chi connectivity index (χ1v) is 10.1. The summed E-state index contributed by atoms with van der Waals surface area (Å²) in [6.07, 6.45) is 3.88. The molecule has 28 heavy (non-hydrogen) atoms. The van der Waals surface area contributed by atoms with Crippen molar-refractivity contribution in [2.75, 3.05) is 33.2 Å². The average molecular weight is 387 g/mol. The topological polar surface area (TPSA) is 49.6 Å². The number of hydrogen-bond acceptors (Lipinski definition) is 4. The lowest BCUT2D eigenvalue weighted by Gasteiger charge is -2.34. The zero-order valence-corrected chi connectivity index (χ0v) is 17.1. The minimum Gasteiger partial charge on any atom is -0.361 e. The maximum atomic E-state index is 13.0. The highest BCUT2D eigenvalue weighted by molar-refractivity contribution is 5.96. The summed E-state index contributed by atoms with van der Waals surface area (Å²) in [6.45, 7) is 7.55. The minimum absolute atomic E-state index is 0.000893. The van der Waals surface area contributed by atoms with Crippen molar-refractivity contribution in [1.82, 2.24) is 15.0 Å². The van der Waals surface area contributed by atoms with Crippen LogP contribution in [0.1, 0.15) is 47.1 Å². The van der Waals surface area contributed by atoms with Gasteiger partial charge in [0.1, 0.15) is 17.1 Å². The van der Waals surface area contributed by atoms with Gasteiger partial charge in [-0.1, -0.05) is 24.2 Å². The highest BCUT2D eigenvalue weighted by Gasteiger charge is 2.26. The molecule has 1 aromatic heterocycles. The van der Waals surface area contributed by atoms with Crippen molar-refractivity contribution in [2.24, 2.45) is 5.92 Å². The first-order chi connectivity index (χ1) is 13.5. The van der Waals surface area contributed by atoms with Gasteiger partial charge in [-0.3, -0.25) is 4.79 Å². The van der Waals surface area contributed by atoms with Crippen LogP contribution in [-0.2, 0) is 12.8 Å². The van der Waals surface area contributed by atoms with E-state index in [-0.39, 0.29) is 11.7 Å². The van der Waals surface area contributed by atoms with E-state index in [1.165, 1.54) is 12.1 Å². The monoisotopic (exact) mass is 387 g/mol. The van der Waals surface area contributed by atoms with Crippen LogP contribution in [0.4, 0.5) is 4.39 Å². The summed E-state index contributed by atoms with van der Waals surface area (Å²) in [5, 5.41) is 4.00. The Morgan fingerprint density at radius 3 is 2.82 bits per heavy atom. The normalized spacial score (nSPS) is 17.6. The molecule has 0 spiro atoms. The van der Waals surface area contributed by atoms with E-state index in [4.69, 9.17) is 4.52 Å². The molecule has 1 saturated heterocycles. The van der Waals surface area contributed by atoms with E-state index in [0.717, 1.165) is 56.7 Å². The number of carbonyl (C=O) groups excluding carboxylic acids is 1. The lowest BCUT2D eigenvalue weighted by molar-refractivity contribution is 0.0728. The van der Waals surface area contributed by atoms with Crippen LogP contribution in [0.2, 0.25) is 0 Å². The van der Waals surface area contributed by atoms with Crippen LogP contribution >= 0.6 is 0 Å². The number of amides is 1. The van der Waals surface area contributed by atoms with Gasteiger partial charge in [0, 0.05) is 26.7 Å². The number of halogens is 1. The highest BCUT2D eigenvalue weighted by atomic mass is 19.1. The van der Waals surface area contributed by atoms with Crippen molar-refractivity contribution >= 4 is 5.91 Å². The molecular weight excluding hydrogens is 357 g/mol. The molecule has 2 aromatic rings. The maximum Gasteiger partial charge on any atom is 0.259 e. The van der Waals surface area contributed by atoms with E-state index in [2.05, 4.69) is 10.1 Å². The SMILES string of the molecule is CCc1noc(C)c1C(=O)N(C)C[C@H]1CCCN(CCc2ccc(F)cc2)C1. The number of aromatic nitrogens is 1. The summed E-state index contributed by atoms with van der Waals surface area (Å²) in [5.74, 6) is 0.863. The van der Waals surface area contributed by atoms with E-state index in [1.54, 1.807) is 6.92 Å². The molecule has 1 aliphatic rings. The predicted octanol–water partition coefficient (Wildman–Crippen LogP) is 3.71. The standard InChI is InChI=1S/C22H30FN3O2/c1-4-20-21(16(2)28-24-20)22(27)25(3)14-18-6-5-12-26(15-18)13-11-17-7-9-19(23)10-8-17/h7-10,18H,4-6,11-15H2,1-3H3/t18-/m1/s1. The van der Waals surface area contributed by atoms with E-state index < -0.39 is 0 Å². The van der Waals surface area contributed by atoms with Crippen LogP contribution in [-0.4, -0.2) is 54.1 Å². The van der Waals surface area contributed by atoms with E-state index in [0.29, 0.717) is 23.7 Å². The largest absolute Gasteiger partial charge is 0.361 e. The summed E-state index contributed by atoms with van der Waals surface area (Å²) in [4.78, 5) is 17.2. The van der Waals surface area contributed by atoms with Crippen molar-refractivity contribution in [3.8, 4) is 0 Å². The third-order valence-corrected chi connectivity index (χ3v) is 5.59. The molecule has 0 saturated carbocycles. The Morgan fingerprint density at radius 2 is 2.11 bits per heavy atom. The second-order valence-corrected chi connectivity index (χ2v) is 7.79. The van der Waals surface area contributed by atoms with Crippen LogP contribution < -0.4 is 0 Å². The number of benzene rings is 1. The van der Waals surface area contributed by atoms with Gasteiger partial charge < -0.3 is 14.3 Å². The van der Waals surface area contributed by atoms with Crippen LogP contribution in [0.25, 0.3) is 0 Å². The molecule has 1 fully saturated rings. The van der Waals surface area contributed by atoms with Gasteiger partial charge in [-0.25, -0.2) is 4.39 Å². The van der Waals surface area contributed by atoms with Crippen LogP contribution in [0.3, 0.4) is 0 Å². The first-order valence-electron chi connectivity index (χ1n) is 10.1. The van der Waals surface area contributed by atoms with Crippen molar-refractivity contribution < 1.29 is 13.7 Å². The highest BCUT2D eigenvalue weighted by Crippen LogP contribution is 2.21. The minimum atomic E-state index is -0.191. The quantitative estimate of drug-likeness (QED) is 0.727. The van der Waals surface area contributed by atoms with Gasteiger partial charge in [0.2, 0.25) is 0 Å². The summed E-state index contributed by atoms with van der Waals surface area (Å²) in [6, 6.07) is 6.75. The summed E-state index contributed by atoms with van der Waals surface area (Å²) in [5.41, 5.74) is 2.51. The molecule has 0 radical (unpaired) electrons. The molecule has 0 unspecified atom stereocenters. The lowest BCUT2D eigenvalue weighted by atomic mass is 9.96. The maximum absolute atomic E-state index is 13.0. The zero-order valence-electron chi connectivity index (χ0n) is 17.1. The number of piperidine rings is 1. The van der Waals surface area contributed by atoms with Gasteiger partial charge in [-0.05, 0) is 62.8 Å². The molecule has 1 atom stereocenters. The molecular formula is C22H30FN3O2. The van der Waals surface area contributed by atoms with Gasteiger partial charge in [-0.2, -0.15) is 0 Å². The second-order valence-electron chi connectivity index (χ2n) is 7.79. The second kappa shape index (κ2) is 9.32. The molecule has 0 aliphatic carbocycles. The number of nitrogens with zero attached hydrogens (tertiary/aromatic N) is 3. The van der Waals surface area contributed by atoms with Crippen LogP contribution in [0.5, 0.6) is 0 Å². The molecule has 0 N–H and O–H groups in total. The Morgan fingerprint density at radius 1 is 1.36 bits per heavy atom. The summed E-state index contributed by atoms with van der Waals surface area (Å²) in [7, 11) is 1.87. The predicted molar refractivity (Wildman–Crippen MR) is 107 cm³/mol. The van der Waals surface area contributed by atoms with Crippen molar-refractivity contribution in [2.45, 2.75) is 39.5 Å². The van der Waals surface area contributed by atoms with Gasteiger partial charge in [-0.15, -0.1) is 0 Å². The Balaban J connectivity index is 1.53. The fourth-order valence-corrected chi connectivity index (χ4v) is 4.04. The third kappa shape index (κ3) is 4.98. The first kappa shape index (κ1) is 20.5. The van der Waals surface area contributed by atoms with Gasteiger partial charge in [0.25, 0.3) is 5.91 Å². The molecule has 1 aliphatic heterocycles. The summed E-state index contributed by atoms with van der Waals surface area (Å²) < 4.78 is 18.3. The van der Waals surface area contributed by atoms with E-state index in [9.17, 15) is 9.18 Å². The zero-order chi connectivity index (χ0) is 20.1.